The molecule has 0 radical (unpaired) electrons. The summed E-state index contributed by atoms with van der Waals surface area (Å²) in [6.45, 7) is 3.46. The summed E-state index contributed by atoms with van der Waals surface area (Å²) in [6, 6.07) is 5.00. The van der Waals surface area contributed by atoms with Gasteiger partial charge >= 0.3 is 0 Å². The molecule has 94 valence electrons. The molecule has 0 atom stereocenters. The Morgan fingerprint density at radius 2 is 2.29 bits per heavy atom. The highest BCUT2D eigenvalue weighted by molar-refractivity contribution is 5.08. The van der Waals surface area contributed by atoms with E-state index in [1.165, 1.54) is 31.4 Å². The Hall–Kier alpha value is -0.930. The molecule has 0 unspecified atom stereocenters. The van der Waals surface area contributed by atoms with Crippen LogP contribution in [0, 0.1) is 0 Å². The van der Waals surface area contributed by atoms with E-state index in [9.17, 15) is 0 Å². The van der Waals surface area contributed by atoms with Crippen molar-refractivity contribution in [1.29, 1.82) is 0 Å². The maximum atomic E-state index is 4.13. The van der Waals surface area contributed by atoms with Gasteiger partial charge in [0.05, 0.1) is 0 Å². The fraction of sp³-hybridized carbons (Fsp3) is 0.643. The van der Waals surface area contributed by atoms with Crippen LogP contribution in [0.2, 0.25) is 0 Å². The Morgan fingerprint density at radius 3 is 3.00 bits per heavy atom. The van der Waals surface area contributed by atoms with Gasteiger partial charge in [-0.1, -0.05) is 6.07 Å². The second-order valence-corrected chi connectivity index (χ2v) is 5.00. The Balaban J connectivity index is 1.51. The van der Waals surface area contributed by atoms with E-state index in [2.05, 4.69) is 28.3 Å². The Labute approximate surface area is 104 Å². The molecule has 0 spiro atoms. The molecule has 1 saturated carbocycles. The molecular weight excluding hydrogens is 210 g/mol. The molecule has 1 aliphatic carbocycles. The van der Waals surface area contributed by atoms with Crippen LogP contribution >= 0.6 is 0 Å². The summed E-state index contributed by atoms with van der Waals surface area (Å²) < 4.78 is 0. The number of pyridine rings is 1. The van der Waals surface area contributed by atoms with Crippen LogP contribution in [0.1, 0.15) is 24.8 Å². The number of nitrogens with one attached hydrogen (secondary N) is 1. The van der Waals surface area contributed by atoms with Crippen LogP contribution in [0.3, 0.4) is 0 Å². The first-order valence-corrected chi connectivity index (χ1v) is 6.65. The quantitative estimate of drug-likeness (QED) is 0.741. The van der Waals surface area contributed by atoms with Gasteiger partial charge < -0.3 is 10.2 Å². The highest BCUT2D eigenvalue weighted by atomic mass is 15.1. The third kappa shape index (κ3) is 5.29. The zero-order valence-corrected chi connectivity index (χ0v) is 10.7. The molecule has 0 saturated heterocycles. The number of rotatable bonds is 8. The monoisotopic (exact) mass is 233 g/mol. The van der Waals surface area contributed by atoms with Crippen molar-refractivity contribution >= 4 is 0 Å². The van der Waals surface area contributed by atoms with Crippen LogP contribution in [0.15, 0.2) is 24.5 Å². The molecule has 17 heavy (non-hydrogen) atoms. The zero-order valence-electron chi connectivity index (χ0n) is 10.7. The van der Waals surface area contributed by atoms with E-state index in [1.807, 2.05) is 18.5 Å². The third-order valence-electron chi connectivity index (χ3n) is 3.23. The van der Waals surface area contributed by atoms with Crippen LogP contribution in [-0.2, 0) is 6.42 Å². The first-order chi connectivity index (χ1) is 8.34. The number of nitrogens with zero attached hydrogens (tertiary/aromatic N) is 2. The largest absolute Gasteiger partial charge is 0.313 e. The van der Waals surface area contributed by atoms with Gasteiger partial charge in [-0.15, -0.1) is 0 Å². The van der Waals surface area contributed by atoms with Gasteiger partial charge in [0.1, 0.15) is 0 Å². The van der Waals surface area contributed by atoms with Gasteiger partial charge in [-0.3, -0.25) is 4.98 Å². The van der Waals surface area contributed by atoms with Crippen molar-refractivity contribution in [3.05, 3.63) is 30.1 Å². The molecule has 1 aromatic rings. The number of aromatic nitrogens is 1. The molecule has 0 bridgehead atoms. The summed E-state index contributed by atoms with van der Waals surface area (Å²) in [7, 11) is 2.21. The van der Waals surface area contributed by atoms with Gasteiger partial charge in [-0.25, -0.2) is 0 Å². The van der Waals surface area contributed by atoms with Crippen molar-refractivity contribution in [2.75, 3.05) is 26.7 Å². The highest BCUT2D eigenvalue weighted by Crippen LogP contribution is 2.17. The second-order valence-electron chi connectivity index (χ2n) is 5.00. The summed E-state index contributed by atoms with van der Waals surface area (Å²) in [6.07, 6.45) is 8.91. The topological polar surface area (TPSA) is 28.2 Å². The summed E-state index contributed by atoms with van der Waals surface area (Å²) in [5, 5.41) is 3.54. The predicted octanol–water partition coefficient (Wildman–Crippen LogP) is 1.70. The molecule has 1 aromatic heterocycles. The van der Waals surface area contributed by atoms with Crippen molar-refractivity contribution in [1.82, 2.24) is 15.2 Å². The fourth-order valence-corrected chi connectivity index (χ4v) is 1.96. The molecule has 3 heteroatoms. The predicted molar refractivity (Wildman–Crippen MR) is 71.1 cm³/mol. The van der Waals surface area contributed by atoms with Crippen molar-refractivity contribution in [2.45, 2.75) is 31.7 Å². The van der Waals surface area contributed by atoms with Gasteiger partial charge in [0, 0.05) is 31.5 Å². The van der Waals surface area contributed by atoms with Gasteiger partial charge in [0.2, 0.25) is 0 Å². The standard InChI is InChI=1S/C14H23N3/c1-17(11-9-16-14-6-7-14)10-3-5-13-4-2-8-15-12-13/h2,4,8,12,14,16H,3,5-7,9-11H2,1H3. The lowest BCUT2D eigenvalue weighted by molar-refractivity contribution is 0.326. The summed E-state index contributed by atoms with van der Waals surface area (Å²) >= 11 is 0. The van der Waals surface area contributed by atoms with Crippen LogP contribution in [0.5, 0.6) is 0 Å². The molecule has 1 fully saturated rings. The molecule has 0 aliphatic heterocycles. The Morgan fingerprint density at radius 1 is 1.41 bits per heavy atom. The summed E-state index contributed by atoms with van der Waals surface area (Å²) in [5.41, 5.74) is 1.34. The van der Waals surface area contributed by atoms with Gasteiger partial charge in [0.15, 0.2) is 0 Å². The van der Waals surface area contributed by atoms with Gasteiger partial charge in [0.25, 0.3) is 0 Å². The van der Waals surface area contributed by atoms with E-state index >= 15 is 0 Å². The number of hydrogen-bond acceptors (Lipinski definition) is 3. The van der Waals surface area contributed by atoms with Gasteiger partial charge in [-0.05, 0) is 50.9 Å². The number of likely N-dealkylation sites (N-methyl/N-ethyl adjacent to an activating group) is 1. The average Bonchev–Trinajstić information content (AvgIpc) is 3.14. The molecule has 0 aromatic carbocycles. The van der Waals surface area contributed by atoms with Gasteiger partial charge in [-0.2, -0.15) is 0 Å². The van der Waals surface area contributed by atoms with E-state index in [0.29, 0.717) is 0 Å². The van der Waals surface area contributed by atoms with E-state index in [1.54, 1.807) is 0 Å². The Kier molecular flexibility index (Phi) is 4.95. The van der Waals surface area contributed by atoms with E-state index < -0.39 is 0 Å². The molecule has 1 aliphatic rings. The smallest absolute Gasteiger partial charge is 0.0299 e. The molecule has 2 rings (SSSR count). The summed E-state index contributed by atoms with van der Waals surface area (Å²) in [5.74, 6) is 0. The molecule has 1 heterocycles. The average molecular weight is 233 g/mol. The Bertz CT molecular complexity index is 309. The van der Waals surface area contributed by atoms with E-state index in [-0.39, 0.29) is 0 Å². The third-order valence-corrected chi connectivity index (χ3v) is 3.23. The van der Waals surface area contributed by atoms with Crippen molar-refractivity contribution < 1.29 is 0 Å². The van der Waals surface area contributed by atoms with Crippen LogP contribution in [0.25, 0.3) is 0 Å². The first-order valence-electron chi connectivity index (χ1n) is 6.65. The SMILES string of the molecule is CN(CCCc1cccnc1)CCNC1CC1. The minimum Gasteiger partial charge on any atom is -0.313 e. The van der Waals surface area contributed by atoms with Crippen molar-refractivity contribution in [3.63, 3.8) is 0 Å². The number of hydrogen-bond donors (Lipinski definition) is 1. The lowest BCUT2D eigenvalue weighted by atomic mass is 10.1. The van der Waals surface area contributed by atoms with Crippen LogP contribution in [0.4, 0.5) is 0 Å². The minimum atomic E-state index is 0.832. The molecule has 3 nitrogen and oxygen atoms in total. The second kappa shape index (κ2) is 6.72. The summed E-state index contributed by atoms with van der Waals surface area (Å²) in [4.78, 5) is 6.54. The lowest BCUT2D eigenvalue weighted by Gasteiger charge is -2.16. The first kappa shape index (κ1) is 12.5. The van der Waals surface area contributed by atoms with Crippen LogP contribution in [-0.4, -0.2) is 42.6 Å². The van der Waals surface area contributed by atoms with E-state index in [0.717, 1.165) is 25.6 Å². The van der Waals surface area contributed by atoms with E-state index in [4.69, 9.17) is 0 Å². The number of aryl methyl sites for hydroxylation is 1. The molecule has 1 N–H and O–H groups in total. The fourth-order valence-electron chi connectivity index (χ4n) is 1.96. The van der Waals surface area contributed by atoms with Crippen molar-refractivity contribution in [3.8, 4) is 0 Å². The maximum absolute atomic E-state index is 4.13. The highest BCUT2D eigenvalue weighted by Gasteiger charge is 2.19. The normalized spacial score (nSPS) is 15.4. The lowest BCUT2D eigenvalue weighted by Crippen LogP contribution is -2.31. The minimum absolute atomic E-state index is 0.832. The molecular formula is C14H23N3. The zero-order chi connectivity index (χ0) is 11.9. The van der Waals surface area contributed by atoms with Crippen LogP contribution < -0.4 is 5.32 Å². The van der Waals surface area contributed by atoms with Crippen molar-refractivity contribution in [2.24, 2.45) is 0 Å². The molecule has 0 amide bonds. The maximum Gasteiger partial charge on any atom is 0.0299 e.